The van der Waals surface area contributed by atoms with E-state index in [1.807, 2.05) is 5.92 Å². The second kappa shape index (κ2) is 8.68. The molecule has 0 amide bonds. The fourth-order valence-electron chi connectivity index (χ4n) is 3.19. The highest BCUT2D eigenvalue weighted by molar-refractivity contribution is 5.93. The van der Waals surface area contributed by atoms with E-state index in [4.69, 9.17) is 0 Å². The fraction of sp³-hybridized carbons (Fsp3) is 0.273. The van der Waals surface area contributed by atoms with Crippen molar-refractivity contribution in [1.29, 1.82) is 0 Å². The molecule has 0 N–H and O–H groups in total. The SMILES string of the molecule is CC(C)(C#Cc1nccc(N(CC(F)F)c2nc3nncn3c3ccc(F)cc23)c1F)C(F)(F)F. The van der Waals surface area contributed by atoms with Crippen LogP contribution in [0.4, 0.5) is 42.2 Å². The van der Waals surface area contributed by atoms with E-state index in [1.165, 1.54) is 16.8 Å². The lowest BCUT2D eigenvalue weighted by Gasteiger charge is -2.25. The summed E-state index contributed by atoms with van der Waals surface area (Å²) in [6.07, 6.45) is -5.40. The van der Waals surface area contributed by atoms with Crippen molar-refractivity contribution in [2.45, 2.75) is 26.4 Å². The molecule has 0 fully saturated rings. The number of benzene rings is 1. The lowest BCUT2D eigenvalue weighted by atomic mass is 9.93. The topological polar surface area (TPSA) is 59.2 Å². The maximum absolute atomic E-state index is 15.4. The van der Waals surface area contributed by atoms with Crippen LogP contribution in [-0.4, -0.2) is 43.7 Å². The van der Waals surface area contributed by atoms with Gasteiger partial charge in [0.25, 0.3) is 12.2 Å². The zero-order valence-electron chi connectivity index (χ0n) is 18.1. The molecule has 1 aromatic carbocycles. The minimum Gasteiger partial charge on any atom is -0.317 e. The largest absolute Gasteiger partial charge is 0.404 e. The van der Waals surface area contributed by atoms with Crippen molar-refractivity contribution in [3.05, 3.63) is 54.1 Å². The van der Waals surface area contributed by atoms with Gasteiger partial charge < -0.3 is 4.90 Å². The first-order valence-corrected chi connectivity index (χ1v) is 9.98. The molecule has 0 saturated heterocycles. The Balaban J connectivity index is 1.93. The summed E-state index contributed by atoms with van der Waals surface area (Å²) in [6, 6.07) is 4.55. The summed E-state index contributed by atoms with van der Waals surface area (Å²) < 4.78 is 97.4. The zero-order chi connectivity index (χ0) is 25.5. The van der Waals surface area contributed by atoms with Crippen molar-refractivity contribution in [2.24, 2.45) is 5.41 Å². The molecule has 3 aromatic heterocycles. The average Bonchev–Trinajstić information content (AvgIpc) is 3.24. The van der Waals surface area contributed by atoms with Gasteiger partial charge in [0.05, 0.1) is 17.7 Å². The van der Waals surface area contributed by atoms with Gasteiger partial charge in [-0.2, -0.15) is 18.2 Å². The van der Waals surface area contributed by atoms with Crippen LogP contribution in [0, 0.1) is 28.9 Å². The van der Waals surface area contributed by atoms with Crippen LogP contribution in [0.5, 0.6) is 0 Å². The third kappa shape index (κ3) is 4.55. The van der Waals surface area contributed by atoms with Gasteiger partial charge in [-0.15, -0.1) is 10.2 Å². The summed E-state index contributed by atoms with van der Waals surface area (Å²) in [5.74, 6) is 1.74. The molecule has 0 bridgehead atoms. The first-order valence-electron chi connectivity index (χ1n) is 9.98. The number of aromatic nitrogens is 5. The predicted molar refractivity (Wildman–Crippen MR) is 112 cm³/mol. The van der Waals surface area contributed by atoms with Gasteiger partial charge in [0.1, 0.15) is 23.4 Å². The Bertz CT molecular complexity index is 1470. The van der Waals surface area contributed by atoms with Gasteiger partial charge >= 0.3 is 6.18 Å². The van der Waals surface area contributed by atoms with Gasteiger partial charge in [-0.05, 0) is 44.0 Å². The van der Waals surface area contributed by atoms with Crippen molar-refractivity contribution in [3.63, 3.8) is 0 Å². The Morgan fingerprint density at radius 3 is 2.54 bits per heavy atom. The van der Waals surface area contributed by atoms with Crippen molar-refractivity contribution in [1.82, 2.24) is 24.6 Å². The van der Waals surface area contributed by atoms with Gasteiger partial charge in [-0.25, -0.2) is 22.5 Å². The van der Waals surface area contributed by atoms with Gasteiger partial charge in [0.2, 0.25) is 0 Å². The van der Waals surface area contributed by atoms with E-state index in [0.29, 0.717) is 5.52 Å². The fourth-order valence-corrected chi connectivity index (χ4v) is 3.19. The van der Waals surface area contributed by atoms with Crippen LogP contribution in [0.3, 0.4) is 0 Å². The normalized spacial score (nSPS) is 12.3. The summed E-state index contributed by atoms with van der Waals surface area (Å²) in [4.78, 5) is 8.60. The Morgan fingerprint density at radius 1 is 1.11 bits per heavy atom. The molecular weight excluding hydrogens is 481 g/mol. The van der Waals surface area contributed by atoms with Crippen LogP contribution in [-0.2, 0) is 0 Å². The van der Waals surface area contributed by atoms with E-state index in [1.54, 1.807) is 0 Å². The Morgan fingerprint density at radius 2 is 1.86 bits per heavy atom. The minimum atomic E-state index is -4.70. The van der Waals surface area contributed by atoms with Gasteiger partial charge in [0, 0.05) is 11.6 Å². The van der Waals surface area contributed by atoms with Crippen LogP contribution in [0.1, 0.15) is 19.5 Å². The number of anilines is 2. The Labute approximate surface area is 193 Å². The van der Waals surface area contributed by atoms with Crippen LogP contribution in [0.25, 0.3) is 16.7 Å². The highest BCUT2D eigenvalue weighted by Gasteiger charge is 2.46. The van der Waals surface area contributed by atoms with E-state index in [9.17, 15) is 26.3 Å². The summed E-state index contributed by atoms with van der Waals surface area (Å²) in [6.45, 7) is 0.539. The van der Waals surface area contributed by atoms with E-state index in [0.717, 1.165) is 43.1 Å². The van der Waals surface area contributed by atoms with E-state index < -0.39 is 47.6 Å². The molecular formula is C22H15F7N6. The summed E-state index contributed by atoms with van der Waals surface area (Å²) in [5, 5.41) is 7.53. The second-order valence-corrected chi connectivity index (χ2v) is 7.96. The number of nitrogens with zero attached hydrogens (tertiary/aromatic N) is 6. The molecule has 13 heteroatoms. The molecule has 0 saturated carbocycles. The third-order valence-electron chi connectivity index (χ3n) is 5.13. The molecule has 0 unspecified atom stereocenters. The summed E-state index contributed by atoms with van der Waals surface area (Å²) in [7, 11) is 0. The summed E-state index contributed by atoms with van der Waals surface area (Å²) >= 11 is 0. The number of alkyl halides is 5. The third-order valence-corrected chi connectivity index (χ3v) is 5.13. The van der Waals surface area contributed by atoms with E-state index in [-0.39, 0.29) is 17.0 Å². The van der Waals surface area contributed by atoms with Crippen LogP contribution < -0.4 is 4.90 Å². The number of pyridine rings is 1. The highest BCUT2D eigenvalue weighted by Crippen LogP contribution is 2.37. The number of rotatable bonds is 4. The minimum absolute atomic E-state index is 0.0280. The van der Waals surface area contributed by atoms with Crippen molar-refractivity contribution < 1.29 is 30.7 Å². The molecule has 0 radical (unpaired) electrons. The molecule has 182 valence electrons. The first kappa shape index (κ1) is 24.2. The second-order valence-electron chi connectivity index (χ2n) is 7.96. The van der Waals surface area contributed by atoms with Crippen molar-refractivity contribution >= 4 is 28.2 Å². The molecule has 4 aromatic rings. The lowest BCUT2D eigenvalue weighted by Crippen LogP contribution is -2.30. The molecule has 35 heavy (non-hydrogen) atoms. The molecule has 6 nitrogen and oxygen atoms in total. The summed E-state index contributed by atoms with van der Waals surface area (Å²) in [5.41, 5.74) is -3.35. The Hall–Kier alpha value is -3.95. The molecule has 0 aliphatic rings. The number of halogens is 7. The molecule has 0 aliphatic heterocycles. The van der Waals surface area contributed by atoms with Gasteiger partial charge in [-0.1, -0.05) is 5.92 Å². The standard InChI is InChI=1S/C22H15F7N6/c1-21(2,22(27,28)29)7-5-14-18(26)16(6-8-30-14)34(10-17(24)25)19-13-9-12(23)3-4-15(13)35-11-31-33-20(35)32-19/h3-4,6,8-9,11,17H,10H2,1-2H3. The van der Waals surface area contributed by atoms with Crippen LogP contribution in [0.15, 0.2) is 36.8 Å². The zero-order valence-corrected chi connectivity index (χ0v) is 18.1. The Kier molecular flexibility index (Phi) is 6.00. The van der Waals surface area contributed by atoms with Gasteiger partial charge in [0.15, 0.2) is 11.5 Å². The van der Waals surface area contributed by atoms with Crippen molar-refractivity contribution in [2.75, 3.05) is 11.4 Å². The smallest absolute Gasteiger partial charge is 0.317 e. The predicted octanol–water partition coefficient (Wildman–Crippen LogP) is 5.29. The number of hydrogen-bond donors (Lipinski definition) is 0. The highest BCUT2D eigenvalue weighted by atomic mass is 19.4. The molecule has 0 atom stereocenters. The maximum atomic E-state index is 15.4. The monoisotopic (exact) mass is 496 g/mol. The van der Waals surface area contributed by atoms with Crippen LogP contribution >= 0.6 is 0 Å². The van der Waals surface area contributed by atoms with Crippen LogP contribution in [0.2, 0.25) is 0 Å². The average molecular weight is 496 g/mol. The molecule has 0 spiro atoms. The van der Waals surface area contributed by atoms with E-state index >= 15 is 4.39 Å². The number of fused-ring (bicyclic) bond motifs is 3. The molecule has 4 rings (SSSR count). The van der Waals surface area contributed by atoms with E-state index in [2.05, 4.69) is 26.1 Å². The van der Waals surface area contributed by atoms with Crippen molar-refractivity contribution in [3.8, 4) is 11.8 Å². The van der Waals surface area contributed by atoms with Gasteiger partial charge in [-0.3, -0.25) is 4.40 Å². The molecule has 3 heterocycles. The lowest BCUT2D eigenvalue weighted by molar-refractivity contribution is -0.190. The molecule has 0 aliphatic carbocycles. The first-order chi connectivity index (χ1) is 16.4. The maximum Gasteiger partial charge on any atom is 0.404 e. The number of hydrogen-bond acceptors (Lipinski definition) is 5. The quantitative estimate of drug-likeness (QED) is 0.284.